The number of nitrogens with zero attached hydrogens (tertiary/aromatic N) is 3. The molecule has 2 aromatic carbocycles. The van der Waals surface area contributed by atoms with Crippen LogP contribution in [0, 0.1) is 0 Å². The van der Waals surface area contributed by atoms with Crippen LogP contribution in [0.1, 0.15) is 32.3 Å². The van der Waals surface area contributed by atoms with Crippen LogP contribution in [0.2, 0.25) is 0 Å². The molecule has 0 spiro atoms. The third kappa shape index (κ3) is 5.38. The summed E-state index contributed by atoms with van der Waals surface area (Å²) in [6, 6.07) is 15.7. The minimum atomic E-state index is -0.0926. The van der Waals surface area contributed by atoms with Gasteiger partial charge >= 0.3 is 0 Å². The van der Waals surface area contributed by atoms with Crippen LogP contribution in [-0.4, -0.2) is 33.0 Å². The average molecular weight is 411 g/mol. The maximum absolute atomic E-state index is 12.3. The molecule has 0 aliphatic rings. The van der Waals surface area contributed by atoms with Gasteiger partial charge in [-0.2, -0.15) is 0 Å². The third-order valence-corrected chi connectivity index (χ3v) is 5.47. The predicted octanol–water partition coefficient (Wildman–Crippen LogP) is 4.74. The quantitative estimate of drug-likeness (QED) is 0.544. The fourth-order valence-corrected chi connectivity index (χ4v) is 3.55. The highest BCUT2D eigenvalue weighted by atomic mass is 32.2. The van der Waals surface area contributed by atoms with E-state index in [2.05, 4.69) is 53.6 Å². The van der Waals surface area contributed by atoms with Gasteiger partial charge in [-0.1, -0.05) is 49.9 Å². The van der Waals surface area contributed by atoms with Gasteiger partial charge in [-0.05, 0) is 42.7 Å². The summed E-state index contributed by atoms with van der Waals surface area (Å²) in [4.78, 5) is 12.3. The van der Waals surface area contributed by atoms with Crippen LogP contribution in [-0.2, 0) is 11.8 Å². The lowest BCUT2D eigenvalue weighted by molar-refractivity contribution is -0.113. The molecule has 0 bridgehead atoms. The van der Waals surface area contributed by atoms with E-state index in [1.165, 1.54) is 17.3 Å². The first-order chi connectivity index (χ1) is 14.0. The molecular formula is C22H26N4O2S. The van der Waals surface area contributed by atoms with Crippen molar-refractivity contribution in [2.75, 3.05) is 17.7 Å². The topological polar surface area (TPSA) is 69.0 Å². The molecule has 0 aliphatic heterocycles. The molecule has 1 heterocycles. The number of carbonyl (C=O) groups excluding carboxylic acids is 1. The smallest absolute Gasteiger partial charge is 0.234 e. The first-order valence-corrected chi connectivity index (χ1v) is 10.6. The van der Waals surface area contributed by atoms with Crippen molar-refractivity contribution in [3.05, 3.63) is 54.1 Å². The molecule has 0 radical (unpaired) electrons. The highest BCUT2D eigenvalue weighted by Crippen LogP contribution is 2.25. The summed E-state index contributed by atoms with van der Waals surface area (Å²) in [5.74, 6) is 2.22. The minimum absolute atomic E-state index is 0.0926. The van der Waals surface area contributed by atoms with Gasteiger partial charge in [-0.25, -0.2) is 0 Å². The van der Waals surface area contributed by atoms with Gasteiger partial charge in [0.05, 0.1) is 12.4 Å². The van der Waals surface area contributed by atoms with Crippen LogP contribution in [0.25, 0.3) is 11.4 Å². The van der Waals surface area contributed by atoms with Crippen molar-refractivity contribution >= 4 is 23.4 Å². The second kappa shape index (κ2) is 9.60. The molecule has 0 saturated carbocycles. The highest BCUT2D eigenvalue weighted by Gasteiger charge is 2.13. The second-order valence-electron chi connectivity index (χ2n) is 6.94. The van der Waals surface area contributed by atoms with Gasteiger partial charge in [0.1, 0.15) is 5.75 Å². The monoisotopic (exact) mass is 410 g/mol. The zero-order chi connectivity index (χ0) is 20.8. The summed E-state index contributed by atoms with van der Waals surface area (Å²) in [7, 11) is 1.92. The van der Waals surface area contributed by atoms with E-state index in [-0.39, 0.29) is 11.7 Å². The van der Waals surface area contributed by atoms with E-state index < -0.39 is 0 Å². The number of aromatic nitrogens is 3. The maximum atomic E-state index is 12.3. The molecule has 0 atom stereocenters. The number of benzene rings is 2. The molecule has 0 unspecified atom stereocenters. The van der Waals surface area contributed by atoms with Gasteiger partial charge < -0.3 is 14.6 Å². The molecule has 1 aromatic heterocycles. The van der Waals surface area contributed by atoms with Crippen LogP contribution in [0.4, 0.5) is 5.69 Å². The Kier molecular flexibility index (Phi) is 6.93. The molecule has 0 fully saturated rings. The zero-order valence-corrected chi connectivity index (χ0v) is 18.0. The Morgan fingerprint density at radius 2 is 1.79 bits per heavy atom. The van der Waals surface area contributed by atoms with E-state index in [1.807, 2.05) is 42.8 Å². The first kappa shape index (κ1) is 20.9. The Morgan fingerprint density at radius 1 is 1.10 bits per heavy atom. The number of thioether (sulfide) groups is 1. The standard InChI is InChI=1S/C22H26N4O2S/c1-5-28-19-12-10-18(11-13-19)23-20(27)14-29-22-25-24-21(26(22)4)17-8-6-16(7-9-17)15(2)3/h6-13,15H,5,14H2,1-4H3,(H,23,27). The Hall–Kier alpha value is -2.80. The van der Waals surface area contributed by atoms with Crippen molar-refractivity contribution < 1.29 is 9.53 Å². The van der Waals surface area contributed by atoms with Crippen LogP contribution < -0.4 is 10.1 Å². The van der Waals surface area contributed by atoms with Gasteiger partial charge in [0.15, 0.2) is 11.0 Å². The third-order valence-electron chi connectivity index (χ3n) is 4.45. The summed E-state index contributed by atoms with van der Waals surface area (Å²) < 4.78 is 7.32. The van der Waals surface area contributed by atoms with Gasteiger partial charge in [-0.3, -0.25) is 4.79 Å². The van der Waals surface area contributed by atoms with Crippen LogP contribution in [0.5, 0.6) is 5.75 Å². The van der Waals surface area contributed by atoms with Gasteiger partial charge in [0.2, 0.25) is 5.91 Å². The molecule has 0 saturated heterocycles. The number of nitrogens with one attached hydrogen (secondary N) is 1. The first-order valence-electron chi connectivity index (χ1n) is 9.63. The zero-order valence-electron chi connectivity index (χ0n) is 17.2. The van der Waals surface area contributed by atoms with Crippen LogP contribution in [0.15, 0.2) is 53.7 Å². The number of amides is 1. The van der Waals surface area contributed by atoms with E-state index in [9.17, 15) is 4.79 Å². The fourth-order valence-electron chi connectivity index (χ4n) is 2.84. The Morgan fingerprint density at radius 3 is 2.41 bits per heavy atom. The second-order valence-corrected chi connectivity index (χ2v) is 7.88. The SMILES string of the molecule is CCOc1ccc(NC(=O)CSc2nnc(-c3ccc(C(C)C)cc3)n2C)cc1. The summed E-state index contributed by atoms with van der Waals surface area (Å²) in [6.45, 7) is 6.89. The number of ether oxygens (including phenoxy) is 1. The highest BCUT2D eigenvalue weighted by molar-refractivity contribution is 7.99. The largest absolute Gasteiger partial charge is 0.494 e. The van der Waals surface area contributed by atoms with Crippen LogP contribution >= 0.6 is 11.8 Å². The molecule has 29 heavy (non-hydrogen) atoms. The van der Waals surface area contributed by atoms with E-state index in [0.717, 1.165) is 22.8 Å². The number of carbonyl (C=O) groups is 1. The normalized spacial score (nSPS) is 10.9. The molecular weight excluding hydrogens is 384 g/mol. The molecule has 3 aromatic rings. The van der Waals surface area contributed by atoms with Gasteiger partial charge in [-0.15, -0.1) is 10.2 Å². The Balaban J connectivity index is 1.59. The number of rotatable bonds is 8. The maximum Gasteiger partial charge on any atom is 0.234 e. The summed E-state index contributed by atoms with van der Waals surface area (Å²) in [5, 5.41) is 12.1. The molecule has 1 amide bonds. The Bertz CT molecular complexity index is 950. The molecule has 3 rings (SSSR count). The molecule has 0 aliphatic carbocycles. The summed E-state index contributed by atoms with van der Waals surface area (Å²) in [6.07, 6.45) is 0. The molecule has 1 N–H and O–H groups in total. The van der Waals surface area contributed by atoms with Crippen molar-refractivity contribution in [1.82, 2.24) is 14.8 Å². The number of hydrogen-bond acceptors (Lipinski definition) is 5. The number of anilines is 1. The van der Waals surface area contributed by atoms with Crippen molar-refractivity contribution in [3.8, 4) is 17.1 Å². The average Bonchev–Trinajstić information content (AvgIpc) is 3.08. The van der Waals surface area contributed by atoms with Gasteiger partial charge in [0, 0.05) is 18.3 Å². The molecule has 7 heteroatoms. The summed E-state index contributed by atoms with van der Waals surface area (Å²) >= 11 is 1.36. The van der Waals surface area contributed by atoms with E-state index >= 15 is 0 Å². The lowest BCUT2D eigenvalue weighted by Crippen LogP contribution is -2.14. The lowest BCUT2D eigenvalue weighted by atomic mass is 10.0. The van der Waals surface area contributed by atoms with E-state index in [1.54, 1.807) is 0 Å². The predicted molar refractivity (Wildman–Crippen MR) is 117 cm³/mol. The van der Waals surface area contributed by atoms with Crippen molar-refractivity contribution in [2.24, 2.45) is 7.05 Å². The van der Waals surface area contributed by atoms with Crippen molar-refractivity contribution in [3.63, 3.8) is 0 Å². The lowest BCUT2D eigenvalue weighted by Gasteiger charge is -2.08. The number of hydrogen-bond donors (Lipinski definition) is 1. The van der Waals surface area contributed by atoms with E-state index in [0.29, 0.717) is 17.7 Å². The fraction of sp³-hybridized carbons (Fsp3) is 0.318. The van der Waals surface area contributed by atoms with Crippen molar-refractivity contribution in [2.45, 2.75) is 31.8 Å². The van der Waals surface area contributed by atoms with Crippen LogP contribution in [0.3, 0.4) is 0 Å². The minimum Gasteiger partial charge on any atom is -0.494 e. The van der Waals surface area contributed by atoms with Gasteiger partial charge in [0.25, 0.3) is 0 Å². The van der Waals surface area contributed by atoms with Crippen molar-refractivity contribution in [1.29, 1.82) is 0 Å². The Labute approximate surface area is 175 Å². The van der Waals surface area contributed by atoms with E-state index in [4.69, 9.17) is 4.74 Å². The molecule has 152 valence electrons. The summed E-state index contributed by atoms with van der Waals surface area (Å²) in [5.41, 5.74) is 3.04. The molecule has 6 nitrogen and oxygen atoms in total.